The normalized spacial score (nSPS) is 45.0. The van der Waals surface area contributed by atoms with Crippen LogP contribution in [0.4, 0.5) is 0 Å². The molecule has 0 bridgehead atoms. The van der Waals surface area contributed by atoms with E-state index in [1.807, 2.05) is 20.8 Å². The van der Waals surface area contributed by atoms with Crippen LogP contribution in [-0.4, -0.2) is 21.4 Å². The zero-order valence-electron chi connectivity index (χ0n) is 14.3. The third kappa shape index (κ3) is 2.78. The first-order valence-electron chi connectivity index (χ1n) is 8.33. The molecule has 0 aromatic heterocycles. The van der Waals surface area contributed by atoms with Gasteiger partial charge >= 0.3 is 0 Å². The predicted molar refractivity (Wildman–Crippen MR) is 83.5 cm³/mol. The van der Waals surface area contributed by atoms with Gasteiger partial charge in [0.05, 0.1) is 11.2 Å². The van der Waals surface area contributed by atoms with Crippen LogP contribution in [0.1, 0.15) is 80.1 Å². The van der Waals surface area contributed by atoms with Crippen molar-refractivity contribution >= 4 is 0 Å². The van der Waals surface area contributed by atoms with E-state index in [0.29, 0.717) is 17.8 Å². The highest BCUT2D eigenvalue weighted by molar-refractivity contribution is 5.08. The topological polar surface area (TPSA) is 40.5 Å². The Hall–Kier alpha value is -0.0800. The van der Waals surface area contributed by atoms with Gasteiger partial charge in [-0.3, -0.25) is 0 Å². The second-order valence-corrected chi connectivity index (χ2v) is 9.37. The lowest BCUT2D eigenvalue weighted by Crippen LogP contribution is -2.58. The van der Waals surface area contributed by atoms with E-state index in [4.69, 9.17) is 0 Å². The third-order valence-corrected chi connectivity index (χ3v) is 6.47. The standard InChI is InChI=1S/C18H34O2/c1-15(2)9-7-10-17(5)13(15)8-11-18(6,20)14(17)12-16(3,4)19/h13-14,19-20H,7-12H2,1-6H3/t13?,14?,17-,18+/m0/s1. The summed E-state index contributed by atoms with van der Waals surface area (Å²) in [4.78, 5) is 0. The molecule has 2 N–H and O–H groups in total. The van der Waals surface area contributed by atoms with Crippen molar-refractivity contribution in [1.82, 2.24) is 0 Å². The van der Waals surface area contributed by atoms with Crippen molar-refractivity contribution in [3.8, 4) is 0 Å². The highest BCUT2D eigenvalue weighted by atomic mass is 16.3. The number of hydrogen-bond acceptors (Lipinski definition) is 2. The molecule has 0 saturated heterocycles. The number of aliphatic hydroxyl groups is 2. The lowest BCUT2D eigenvalue weighted by atomic mass is 9.44. The van der Waals surface area contributed by atoms with Crippen LogP contribution in [0.5, 0.6) is 0 Å². The van der Waals surface area contributed by atoms with Gasteiger partial charge in [-0.25, -0.2) is 0 Å². The average Bonchev–Trinajstić information content (AvgIpc) is 2.21. The second kappa shape index (κ2) is 4.71. The largest absolute Gasteiger partial charge is 0.390 e. The Morgan fingerprint density at radius 2 is 1.65 bits per heavy atom. The van der Waals surface area contributed by atoms with Gasteiger partial charge in [0.15, 0.2) is 0 Å². The lowest BCUT2D eigenvalue weighted by molar-refractivity contribution is -0.183. The highest BCUT2D eigenvalue weighted by Crippen LogP contribution is 2.63. The maximum atomic E-state index is 11.0. The quantitative estimate of drug-likeness (QED) is 0.799. The van der Waals surface area contributed by atoms with Gasteiger partial charge in [0.2, 0.25) is 0 Å². The summed E-state index contributed by atoms with van der Waals surface area (Å²) in [6.07, 6.45) is 6.43. The van der Waals surface area contributed by atoms with Gasteiger partial charge in [-0.05, 0) is 75.5 Å². The van der Waals surface area contributed by atoms with Gasteiger partial charge < -0.3 is 10.2 Å². The summed E-state index contributed by atoms with van der Waals surface area (Å²) in [5, 5.41) is 21.3. The highest BCUT2D eigenvalue weighted by Gasteiger charge is 2.58. The smallest absolute Gasteiger partial charge is 0.0654 e. The van der Waals surface area contributed by atoms with Crippen molar-refractivity contribution in [2.24, 2.45) is 22.7 Å². The van der Waals surface area contributed by atoms with Crippen LogP contribution in [0, 0.1) is 22.7 Å². The molecule has 2 fully saturated rings. The Morgan fingerprint density at radius 3 is 2.20 bits per heavy atom. The molecule has 0 spiro atoms. The summed E-state index contributed by atoms with van der Waals surface area (Å²) in [5.74, 6) is 0.852. The van der Waals surface area contributed by atoms with Crippen molar-refractivity contribution in [3.05, 3.63) is 0 Å². The van der Waals surface area contributed by atoms with Crippen molar-refractivity contribution in [2.45, 2.75) is 91.3 Å². The average molecular weight is 282 g/mol. The minimum absolute atomic E-state index is 0.156. The van der Waals surface area contributed by atoms with E-state index in [1.165, 1.54) is 19.3 Å². The van der Waals surface area contributed by atoms with Crippen molar-refractivity contribution in [2.75, 3.05) is 0 Å². The van der Waals surface area contributed by atoms with Crippen molar-refractivity contribution in [3.63, 3.8) is 0 Å². The molecule has 2 heteroatoms. The predicted octanol–water partition coefficient (Wildman–Crippen LogP) is 4.14. The monoisotopic (exact) mass is 282 g/mol. The number of rotatable bonds is 2. The van der Waals surface area contributed by atoms with Gasteiger partial charge in [0, 0.05) is 0 Å². The molecule has 0 amide bonds. The first kappa shape index (κ1) is 16.3. The van der Waals surface area contributed by atoms with Crippen LogP contribution in [-0.2, 0) is 0 Å². The van der Waals surface area contributed by atoms with E-state index < -0.39 is 11.2 Å². The van der Waals surface area contributed by atoms with Crippen molar-refractivity contribution < 1.29 is 10.2 Å². The van der Waals surface area contributed by atoms with Gasteiger partial charge in [-0.1, -0.05) is 27.2 Å². The molecule has 2 aliphatic carbocycles. The summed E-state index contributed by atoms with van der Waals surface area (Å²) >= 11 is 0. The SMILES string of the molecule is CC(C)(O)CC1[C@@]2(C)CCCC(C)(C)C2CC[C@@]1(C)O. The fourth-order valence-corrected chi connectivity index (χ4v) is 5.58. The summed E-state index contributed by atoms with van der Waals surface area (Å²) in [5.41, 5.74) is -0.829. The Morgan fingerprint density at radius 1 is 1.05 bits per heavy atom. The molecule has 2 aliphatic rings. The molecule has 2 nitrogen and oxygen atoms in total. The van der Waals surface area contributed by atoms with Crippen LogP contribution < -0.4 is 0 Å². The Bertz CT molecular complexity index is 364. The molecule has 0 heterocycles. The van der Waals surface area contributed by atoms with Gasteiger partial charge in [0.1, 0.15) is 0 Å². The molecule has 2 rings (SSSR count). The van der Waals surface area contributed by atoms with Gasteiger partial charge in [-0.2, -0.15) is 0 Å². The summed E-state index contributed by atoms with van der Waals surface area (Å²) in [7, 11) is 0. The molecule has 0 aromatic rings. The second-order valence-electron chi connectivity index (χ2n) is 9.37. The molecule has 4 atom stereocenters. The molecule has 0 aliphatic heterocycles. The van der Waals surface area contributed by atoms with Crippen LogP contribution in [0.3, 0.4) is 0 Å². The molecule has 0 aromatic carbocycles. The molecular weight excluding hydrogens is 248 g/mol. The minimum Gasteiger partial charge on any atom is -0.390 e. The molecule has 20 heavy (non-hydrogen) atoms. The molecule has 2 unspecified atom stereocenters. The summed E-state index contributed by atoms with van der Waals surface area (Å²) < 4.78 is 0. The molecular formula is C18H34O2. The number of hydrogen-bond donors (Lipinski definition) is 2. The van der Waals surface area contributed by atoms with E-state index in [1.54, 1.807) is 0 Å². The zero-order chi connectivity index (χ0) is 15.4. The molecule has 2 saturated carbocycles. The third-order valence-electron chi connectivity index (χ3n) is 6.47. The first-order chi connectivity index (χ1) is 8.89. The van der Waals surface area contributed by atoms with E-state index in [2.05, 4.69) is 20.8 Å². The van der Waals surface area contributed by atoms with E-state index in [9.17, 15) is 10.2 Å². The van der Waals surface area contributed by atoms with E-state index >= 15 is 0 Å². The number of fused-ring (bicyclic) bond motifs is 1. The van der Waals surface area contributed by atoms with Gasteiger partial charge in [0.25, 0.3) is 0 Å². The van der Waals surface area contributed by atoms with Crippen LogP contribution >= 0.6 is 0 Å². The fourth-order valence-electron chi connectivity index (χ4n) is 5.58. The van der Waals surface area contributed by atoms with Crippen LogP contribution in [0.15, 0.2) is 0 Å². The zero-order valence-corrected chi connectivity index (χ0v) is 14.3. The Balaban J connectivity index is 2.38. The van der Waals surface area contributed by atoms with Crippen molar-refractivity contribution in [1.29, 1.82) is 0 Å². The molecule has 0 radical (unpaired) electrons. The fraction of sp³-hybridized carbons (Fsp3) is 1.00. The first-order valence-corrected chi connectivity index (χ1v) is 8.33. The van der Waals surface area contributed by atoms with E-state index in [0.717, 1.165) is 12.8 Å². The maximum Gasteiger partial charge on any atom is 0.0654 e. The summed E-state index contributed by atoms with van der Waals surface area (Å²) in [6, 6.07) is 0. The van der Waals surface area contributed by atoms with Crippen LogP contribution in [0.25, 0.3) is 0 Å². The summed E-state index contributed by atoms with van der Waals surface area (Å²) in [6.45, 7) is 12.9. The van der Waals surface area contributed by atoms with Gasteiger partial charge in [-0.15, -0.1) is 0 Å². The van der Waals surface area contributed by atoms with E-state index in [-0.39, 0.29) is 11.3 Å². The lowest BCUT2D eigenvalue weighted by Gasteiger charge is -2.62. The minimum atomic E-state index is -0.707. The molecule has 118 valence electrons. The van der Waals surface area contributed by atoms with Crippen LogP contribution in [0.2, 0.25) is 0 Å². The maximum absolute atomic E-state index is 11.0. The Kier molecular flexibility index (Phi) is 3.84. The Labute approximate surface area is 125 Å².